The van der Waals surface area contributed by atoms with Crippen molar-refractivity contribution < 1.29 is 4.74 Å². The lowest BCUT2D eigenvalue weighted by Crippen LogP contribution is -2.22. The second-order valence-corrected chi connectivity index (χ2v) is 5.82. The third-order valence-corrected chi connectivity index (χ3v) is 4.96. The number of imidazole rings is 1. The molecule has 1 saturated heterocycles. The summed E-state index contributed by atoms with van der Waals surface area (Å²) in [5.74, 6) is 1.83. The Balaban J connectivity index is 1.74. The third kappa shape index (κ3) is 1.02. The molecule has 0 spiro atoms. The zero-order chi connectivity index (χ0) is 12.8. The van der Waals surface area contributed by atoms with E-state index in [0.29, 0.717) is 28.8 Å². The molecule has 0 radical (unpaired) electrons. The smallest absolute Gasteiger partial charge is 0.327 e. The van der Waals surface area contributed by atoms with E-state index < -0.39 is 11.2 Å². The van der Waals surface area contributed by atoms with Gasteiger partial charge in [0.2, 0.25) is 0 Å². The van der Waals surface area contributed by atoms with Crippen LogP contribution in [0, 0.1) is 11.8 Å². The molecule has 5 rings (SSSR count). The van der Waals surface area contributed by atoms with E-state index in [2.05, 4.69) is 19.9 Å². The van der Waals surface area contributed by atoms with Crippen LogP contribution in [-0.2, 0) is 10.3 Å². The molecule has 3 aliphatic rings. The molecule has 2 bridgehead atoms. The van der Waals surface area contributed by atoms with E-state index in [1.54, 1.807) is 0 Å². The summed E-state index contributed by atoms with van der Waals surface area (Å²) in [4.78, 5) is 35.2. The van der Waals surface area contributed by atoms with Crippen molar-refractivity contribution in [3.8, 4) is 0 Å². The molecule has 2 aromatic heterocycles. The first-order valence-electron chi connectivity index (χ1n) is 6.59. The SMILES string of the molecule is O=c1[nH]c(=O)c2[nH]c(C34OC3C3CCC4C3)nc2[nH]1. The largest absolute Gasteiger partial charge is 0.357 e. The number of rotatable bonds is 1. The lowest BCUT2D eigenvalue weighted by atomic mass is 9.88. The molecular weight excluding hydrogens is 248 g/mol. The summed E-state index contributed by atoms with van der Waals surface area (Å²) in [5, 5.41) is 0. The number of hydrogen-bond acceptors (Lipinski definition) is 4. The van der Waals surface area contributed by atoms with Crippen molar-refractivity contribution in [3.63, 3.8) is 0 Å². The Kier molecular flexibility index (Phi) is 1.48. The number of nitrogens with one attached hydrogen (secondary N) is 3. The van der Waals surface area contributed by atoms with Gasteiger partial charge < -0.3 is 9.72 Å². The van der Waals surface area contributed by atoms with Gasteiger partial charge in [0.1, 0.15) is 11.3 Å². The van der Waals surface area contributed by atoms with E-state index >= 15 is 0 Å². The topological polar surface area (TPSA) is 107 Å². The molecule has 3 fully saturated rings. The highest BCUT2D eigenvalue weighted by Crippen LogP contribution is 2.68. The van der Waals surface area contributed by atoms with Crippen molar-refractivity contribution in [3.05, 3.63) is 26.7 Å². The van der Waals surface area contributed by atoms with Gasteiger partial charge in [-0.1, -0.05) is 0 Å². The van der Waals surface area contributed by atoms with Gasteiger partial charge in [-0.25, -0.2) is 9.78 Å². The van der Waals surface area contributed by atoms with Crippen LogP contribution in [0.5, 0.6) is 0 Å². The van der Waals surface area contributed by atoms with Crippen molar-refractivity contribution in [1.82, 2.24) is 19.9 Å². The summed E-state index contributed by atoms with van der Waals surface area (Å²) in [6.45, 7) is 0. The zero-order valence-electron chi connectivity index (χ0n) is 10.0. The molecule has 2 saturated carbocycles. The van der Waals surface area contributed by atoms with Crippen LogP contribution in [0.25, 0.3) is 11.2 Å². The van der Waals surface area contributed by atoms with Gasteiger partial charge >= 0.3 is 5.69 Å². The fourth-order valence-corrected chi connectivity index (χ4v) is 4.13. The van der Waals surface area contributed by atoms with Gasteiger partial charge in [-0.15, -0.1) is 0 Å². The summed E-state index contributed by atoms with van der Waals surface area (Å²) in [5.41, 5.74) is -0.648. The average molecular weight is 260 g/mol. The summed E-state index contributed by atoms with van der Waals surface area (Å²) in [6.07, 6.45) is 3.83. The van der Waals surface area contributed by atoms with Crippen LogP contribution in [0.2, 0.25) is 0 Å². The first-order valence-corrected chi connectivity index (χ1v) is 6.59. The number of ether oxygens (including phenoxy) is 1. The normalized spacial score (nSPS) is 38.8. The van der Waals surface area contributed by atoms with Gasteiger partial charge in [0.25, 0.3) is 5.56 Å². The Labute approximate surface area is 106 Å². The van der Waals surface area contributed by atoms with Crippen LogP contribution in [0.3, 0.4) is 0 Å². The number of nitrogens with zero attached hydrogens (tertiary/aromatic N) is 1. The van der Waals surface area contributed by atoms with E-state index in [1.165, 1.54) is 12.8 Å². The van der Waals surface area contributed by atoms with E-state index in [0.717, 1.165) is 6.42 Å². The summed E-state index contributed by atoms with van der Waals surface area (Å²) in [6, 6.07) is 0. The second kappa shape index (κ2) is 2.82. The zero-order valence-corrected chi connectivity index (χ0v) is 10.0. The molecule has 3 N–H and O–H groups in total. The number of aromatic amines is 3. The van der Waals surface area contributed by atoms with Gasteiger partial charge in [-0.05, 0) is 31.1 Å². The fourth-order valence-electron chi connectivity index (χ4n) is 4.13. The highest BCUT2D eigenvalue weighted by molar-refractivity contribution is 5.69. The number of epoxide rings is 1. The van der Waals surface area contributed by atoms with Crippen molar-refractivity contribution in [2.24, 2.45) is 11.8 Å². The molecule has 2 aliphatic carbocycles. The monoisotopic (exact) mass is 260 g/mol. The lowest BCUT2D eigenvalue weighted by Gasteiger charge is -2.15. The molecule has 1 aliphatic heterocycles. The predicted octanol–water partition coefficient (Wildman–Crippen LogP) is -0.0365. The van der Waals surface area contributed by atoms with Crippen LogP contribution >= 0.6 is 0 Å². The Morgan fingerprint density at radius 1 is 1.21 bits per heavy atom. The van der Waals surface area contributed by atoms with Crippen LogP contribution in [0.15, 0.2) is 9.59 Å². The first kappa shape index (κ1) is 9.96. The summed E-state index contributed by atoms with van der Waals surface area (Å²) in [7, 11) is 0. The fraction of sp³-hybridized carbons (Fsp3) is 0.583. The number of aromatic nitrogens is 4. The molecule has 3 heterocycles. The maximum absolute atomic E-state index is 11.7. The molecule has 0 amide bonds. The third-order valence-electron chi connectivity index (χ3n) is 4.96. The molecule has 98 valence electrons. The van der Waals surface area contributed by atoms with E-state index in [1.807, 2.05) is 0 Å². The standard InChI is InChI=1S/C12H12N4O3/c17-9-6-8(15-11(18)16-9)14-10(13-6)12-5-2-1-4(3-5)7(12)19-12/h4-5,7H,1-3H2,(H3,13,14,15,16,17,18). The minimum Gasteiger partial charge on any atom is -0.357 e. The quantitative estimate of drug-likeness (QED) is 0.625. The molecule has 4 unspecified atom stereocenters. The van der Waals surface area contributed by atoms with Crippen LogP contribution < -0.4 is 11.2 Å². The molecule has 19 heavy (non-hydrogen) atoms. The molecular formula is C12H12N4O3. The van der Waals surface area contributed by atoms with Crippen molar-refractivity contribution in [2.75, 3.05) is 0 Å². The van der Waals surface area contributed by atoms with Gasteiger partial charge in [-0.2, -0.15) is 0 Å². The molecule has 7 nitrogen and oxygen atoms in total. The maximum atomic E-state index is 11.7. The Morgan fingerprint density at radius 3 is 2.89 bits per heavy atom. The minimum atomic E-state index is -0.533. The number of hydrogen-bond donors (Lipinski definition) is 3. The molecule has 0 aromatic carbocycles. The van der Waals surface area contributed by atoms with Crippen LogP contribution in [-0.4, -0.2) is 26.0 Å². The predicted molar refractivity (Wildman–Crippen MR) is 64.7 cm³/mol. The van der Waals surface area contributed by atoms with Gasteiger partial charge in [0, 0.05) is 0 Å². The lowest BCUT2D eigenvalue weighted by molar-refractivity contribution is 0.188. The maximum Gasteiger partial charge on any atom is 0.327 e. The highest BCUT2D eigenvalue weighted by Gasteiger charge is 2.74. The van der Waals surface area contributed by atoms with E-state index in [-0.39, 0.29) is 11.7 Å². The van der Waals surface area contributed by atoms with Crippen molar-refractivity contribution >= 4 is 11.2 Å². The summed E-state index contributed by atoms with van der Waals surface area (Å²) >= 11 is 0. The Hall–Kier alpha value is -1.89. The first-order chi connectivity index (χ1) is 9.18. The second-order valence-electron chi connectivity index (χ2n) is 5.82. The molecule has 2 aromatic rings. The molecule has 4 atom stereocenters. The van der Waals surface area contributed by atoms with Gasteiger partial charge in [0.15, 0.2) is 11.2 Å². The van der Waals surface area contributed by atoms with Crippen LogP contribution in [0.4, 0.5) is 0 Å². The van der Waals surface area contributed by atoms with Gasteiger partial charge in [0.05, 0.1) is 6.10 Å². The van der Waals surface area contributed by atoms with E-state index in [9.17, 15) is 9.59 Å². The Bertz CT molecular complexity index is 818. The van der Waals surface area contributed by atoms with Gasteiger partial charge in [-0.3, -0.25) is 14.8 Å². The highest BCUT2D eigenvalue weighted by atomic mass is 16.6. The molecule has 7 heteroatoms. The minimum absolute atomic E-state index is 0.248. The summed E-state index contributed by atoms with van der Waals surface area (Å²) < 4.78 is 5.92. The average Bonchev–Trinajstić information content (AvgIpc) is 2.76. The van der Waals surface area contributed by atoms with E-state index in [4.69, 9.17) is 4.74 Å². The van der Waals surface area contributed by atoms with Crippen molar-refractivity contribution in [1.29, 1.82) is 0 Å². The number of fused-ring (bicyclic) bond motifs is 6. The number of H-pyrrole nitrogens is 3. The van der Waals surface area contributed by atoms with Crippen LogP contribution in [0.1, 0.15) is 25.1 Å². The van der Waals surface area contributed by atoms with Crippen molar-refractivity contribution in [2.45, 2.75) is 31.0 Å². The Morgan fingerprint density at radius 2 is 2.11 bits per heavy atom.